The minimum Gasteiger partial charge on any atom is -0.545 e. The van der Waals surface area contributed by atoms with E-state index in [4.69, 9.17) is 9.47 Å². The number of carboxylic acids is 1. The zero-order valence-electron chi connectivity index (χ0n) is 10.6. The van der Waals surface area contributed by atoms with Crippen LogP contribution < -0.4 is 19.9 Å². The van der Waals surface area contributed by atoms with Crippen molar-refractivity contribution in [3.05, 3.63) is 35.9 Å². The van der Waals surface area contributed by atoms with Gasteiger partial charge in [-0.3, -0.25) is 4.79 Å². The van der Waals surface area contributed by atoms with Crippen LogP contribution in [0.5, 0.6) is 11.5 Å². The Morgan fingerprint density at radius 1 is 1.21 bits per heavy atom. The summed E-state index contributed by atoms with van der Waals surface area (Å²) >= 11 is 0. The molecule has 0 saturated carbocycles. The van der Waals surface area contributed by atoms with E-state index in [9.17, 15) is 14.7 Å². The van der Waals surface area contributed by atoms with Crippen molar-refractivity contribution >= 4 is 11.9 Å². The average Bonchev–Trinajstić information content (AvgIpc) is 2.42. The predicted octanol–water partition coefficient (Wildman–Crippen LogP) is -0.374. The van der Waals surface area contributed by atoms with Crippen molar-refractivity contribution in [2.45, 2.75) is 6.54 Å². The maximum atomic E-state index is 11.3. The quantitative estimate of drug-likeness (QED) is 0.708. The molecule has 1 rings (SSSR count). The van der Waals surface area contributed by atoms with Crippen molar-refractivity contribution in [2.75, 3.05) is 14.2 Å². The summed E-state index contributed by atoms with van der Waals surface area (Å²) in [5.41, 5.74) is 0.799. The van der Waals surface area contributed by atoms with Gasteiger partial charge in [0.25, 0.3) is 0 Å². The Bertz CT molecular complexity index is 496. The number of ether oxygens (including phenoxy) is 2. The lowest BCUT2D eigenvalue weighted by Gasteiger charge is -2.09. The highest BCUT2D eigenvalue weighted by Gasteiger charge is 2.04. The minimum atomic E-state index is -1.42. The number of carbonyl (C=O) groups excluding carboxylic acids is 2. The van der Waals surface area contributed by atoms with E-state index in [1.54, 1.807) is 18.2 Å². The van der Waals surface area contributed by atoms with E-state index in [0.717, 1.165) is 11.6 Å². The Labute approximate surface area is 110 Å². The smallest absolute Gasteiger partial charge is 0.244 e. The molecule has 0 radical (unpaired) electrons. The molecule has 1 aromatic carbocycles. The Hall–Kier alpha value is -2.50. The molecule has 0 saturated heterocycles. The van der Waals surface area contributed by atoms with Crippen molar-refractivity contribution in [1.29, 1.82) is 0 Å². The topological polar surface area (TPSA) is 87.7 Å². The summed E-state index contributed by atoms with van der Waals surface area (Å²) in [6.45, 7) is 0.247. The van der Waals surface area contributed by atoms with Crippen LogP contribution in [0.1, 0.15) is 5.56 Å². The van der Waals surface area contributed by atoms with E-state index in [0.29, 0.717) is 17.6 Å². The van der Waals surface area contributed by atoms with Crippen LogP contribution in [-0.2, 0) is 16.1 Å². The van der Waals surface area contributed by atoms with Crippen LogP contribution in [0.25, 0.3) is 0 Å². The highest BCUT2D eigenvalue weighted by molar-refractivity contribution is 5.93. The lowest BCUT2D eigenvalue weighted by atomic mass is 10.2. The second-order valence-electron chi connectivity index (χ2n) is 3.56. The van der Waals surface area contributed by atoms with Gasteiger partial charge in [-0.2, -0.15) is 0 Å². The van der Waals surface area contributed by atoms with Crippen LogP contribution in [0, 0.1) is 0 Å². The molecule has 0 bridgehead atoms. The van der Waals surface area contributed by atoms with Gasteiger partial charge in [0.1, 0.15) is 0 Å². The monoisotopic (exact) mass is 264 g/mol. The number of hydrogen-bond acceptors (Lipinski definition) is 5. The van der Waals surface area contributed by atoms with E-state index in [1.807, 2.05) is 0 Å². The molecule has 0 aromatic heterocycles. The van der Waals surface area contributed by atoms with E-state index >= 15 is 0 Å². The molecule has 1 amide bonds. The number of benzene rings is 1. The Kier molecular flexibility index (Phi) is 5.40. The molecule has 0 spiro atoms. The number of amides is 1. The summed E-state index contributed by atoms with van der Waals surface area (Å²) in [5, 5.41) is 12.7. The molecule has 0 atom stereocenters. The summed E-state index contributed by atoms with van der Waals surface area (Å²) in [5.74, 6) is -0.783. The summed E-state index contributed by atoms with van der Waals surface area (Å²) in [6, 6.07) is 5.21. The van der Waals surface area contributed by atoms with Crippen LogP contribution in [0.4, 0.5) is 0 Å². The fourth-order valence-electron chi connectivity index (χ4n) is 1.38. The molecule has 1 aromatic rings. The van der Waals surface area contributed by atoms with Gasteiger partial charge in [-0.05, 0) is 23.8 Å². The van der Waals surface area contributed by atoms with Crippen LogP contribution in [0.3, 0.4) is 0 Å². The van der Waals surface area contributed by atoms with Crippen LogP contribution in [0.15, 0.2) is 30.4 Å². The summed E-state index contributed by atoms with van der Waals surface area (Å²) in [6.07, 6.45) is 1.57. The lowest BCUT2D eigenvalue weighted by molar-refractivity contribution is -0.297. The molecule has 6 nitrogen and oxygen atoms in total. The fourth-order valence-corrected chi connectivity index (χ4v) is 1.38. The highest BCUT2D eigenvalue weighted by atomic mass is 16.5. The summed E-state index contributed by atoms with van der Waals surface area (Å²) < 4.78 is 10.2. The maximum Gasteiger partial charge on any atom is 0.244 e. The minimum absolute atomic E-state index is 0.247. The predicted molar refractivity (Wildman–Crippen MR) is 65.5 cm³/mol. The Morgan fingerprint density at radius 3 is 2.47 bits per heavy atom. The van der Waals surface area contributed by atoms with E-state index in [1.165, 1.54) is 14.2 Å². The molecule has 0 aliphatic carbocycles. The van der Waals surface area contributed by atoms with Gasteiger partial charge >= 0.3 is 0 Å². The molecule has 0 heterocycles. The Morgan fingerprint density at radius 2 is 1.89 bits per heavy atom. The third-order valence-corrected chi connectivity index (χ3v) is 2.29. The molecule has 19 heavy (non-hydrogen) atoms. The van der Waals surface area contributed by atoms with Crippen LogP contribution in [0.2, 0.25) is 0 Å². The average molecular weight is 264 g/mol. The molecular weight excluding hydrogens is 250 g/mol. The summed E-state index contributed by atoms with van der Waals surface area (Å²) in [7, 11) is 3.05. The first-order valence-corrected chi connectivity index (χ1v) is 5.44. The van der Waals surface area contributed by atoms with Gasteiger partial charge in [-0.15, -0.1) is 0 Å². The van der Waals surface area contributed by atoms with Crippen molar-refractivity contribution in [3.63, 3.8) is 0 Å². The molecule has 1 N–H and O–H groups in total. The SMILES string of the molecule is COc1ccc(CNC(=O)/C=C/C(=O)[O-])cc1OC. The van der Waals surface area contributed by atoms with Gasteiger partial charge in [0.15, 0.2) is 11.5 Å². The maximum absolute atomic E-state index is 11.3. The van der Waals surface area contributed by atoms with Crippen molar-refractivity contribution in [3.8, 4) is 11.5 Å². The number of carbonyl (C=O) groups is 2. The number of hydrogen-bond donors (Lipinski definition) is 1. The largest absolute Gasteiger partial charge is 0.545 e. The normalized spacial score (nSPS) is 10.2. The van der Waals surface area contributed by atoms with Gasteiger partial charge < -0.3 is 24.7 Å². The first-order valence-electron chi connectivity index (χ1n) is 5.44. The lowest BCUT2D eigenvalue weighted by Crippen LogP contribution is -2.23. The third-order valence-electron chi connectivity index (χ3n) is 2.29. The molecule has 0 aliphatic heterocycles. The fraction of sp³-hybridized carbons (Fsp3) is 0.231. The van der Waals surface area contributed by atoms with Gasteiger partial charge in [-0.25, -0.2) is 0 Å². The molecule has 0 fully saturated rings. The van der Waals surface area contributed by atoms with Gasteiger partial charge in [-0.1, -0.05) is 6.07 Å². The molecule has 6 heteroatoms. The van der Waals surface area contributed by atoms with Crippen molar-refractivity contribution in [1.82, 2.24) is 5.32 Å². The van der Waals surface area contributed by atoms with Gasteiger partial charge in [0.2, 0.25) is 5.91 Å². The molecular formula is C13H14NO5-. The van der Waals surface area contributed by atoms with Gasteiger partial charge in [0.05, 0.1) is 20.2 Å². The molecule has 0 unspecified atom stereocenters. The second kappa shape index (κ2) is 7.05. The van der Waals surface area contributed by atoms with Crippen molar-refractivity contribution < 1.29 is 24.2 Å². The van der Waals surface area contributed by atoms with Crippen LogP contribution in [-0.4, -0.2) is 26.1 Å². The third kappa shape index (κ3) is 4.71. The van der Waals surface area contributed by atoms with Gasteiger partial charge in [0, 0.05) is 12.6 Å². The first-order chi connectivity index (χ1) is 9.06. The molecule has 102 valence electrons. The number of methoxy groups -OCH3 is 2. The van der Waals surface area contributed by atoms with E-state index in [-0.39, 0.29) is 6.54 Å². The number of nitrogens with one attached hydrogen (secondary N) is 1. The van der Waals surface area contributed by atoms with E-state index < -0.39 is 11.9 Å². The van der Waals surface area contributed by atoms with Crippen LogP contribution >= 0.6 is 0 Å². The number of aliphatic carboxylic acids is 1. The Balaban J connectivity index is 2.63. The zero-order chi connectivity index (χ0) is 14.3. The highest BCUT2D eigenvalue weighted by Crippen LogP contribution is 2.27. The number of rotatable bonds is 6. The van der Waals surface area contributed by atoms with E-state index in [2.05, 4.69) is 5.32 Å². The van der Waals surface area contributed by atoms with Crippen molar-refractivity contribution in [2.24, 2.45) is 0 Å². The standard InChI is InChI=1S/C13H15NO5/c1-18-10-4-3-9(7-11(10)19-2)8-14-12(15)5-6-13(16)17/h3-7H,8H2,1-2H3,(H,14,15)(H,16,17)/p-1/b6-5+. The first kappa shape index (κ1) is 14.6. The summed E-state index contributed by atoms with van der Waals surface area (Å²) in [4.78, 5) is 21.4. The zero-order valence-corrected chi connectivity index (χ0v) is 10.6. The number of carboxylic acid groups (broad SMARTS) is 1. The second-order valence-corrected chi connectivity index (χ2v) is 3.56. The molecule has 0 aliphatic rings.